The number of hydrogen-bond acceptors (Lipinski definition) is 3. The van der Waals surface area contributed by atoms with Crippen molar-refractivity contribution in [2.24, 2.45) is 5.73 Å². The number of hydrogen-bond donors (Lipinski definition) is 2. The summed E-state index contributed by atoms with van der Waals surface area (Å²) in [4.78, 5) is 12.0. The van der Waals surface area contributed by atoms with Gasteiger partial charge >= 0.3 is 0 Å². The normalized spacial score (nSPS) is 16.5. The summed E-state index contributed by atoms with van der Waals surface area (Å²) in [5, 5.41) is 2.92. The number of methoxy groups -OCH3 is 1. The SMILES string of the molecule is COc1cccc(-c2cc3n(c2)C(CCN)CNC3=O)c1.Cl. The standard InChI is InChI=1S/C16H19N3O2.ClH/c1-21-14-4-2-3-11(7-14)12-8-15-16(20)18-9-13(5-6-17)19(15)10-12;/h2-4,7-8,10,13H,5-6,9,17H2,1H3,(H,18,20);1H. The molecule has 0 saturated heterocycles. The van der Waals surface area contributed by atoms with E-state index in [2.05, 4.69) is 5.32 Å². The molecule has 1 unspecified atom stereocenters. The molecule has 0 saturated carbocycles. The van der Waals surface area contributed by atoms with Crippen molar-refractivity contribution in [3.63, 3.8) is 0 Å². The van der Waals surface area contributed by atoms with Gasteiger partial charge in [0.1, 0.15) is 11.4 Å². The van der Waals surface area contributed by atoms with Gasteiger partial charge in [0.25, 0.3) is 5.91 Å². The van der Waals surface area contributed by atoms with E-state index >= 15 is 0 Å². The lowest BCUT2D eigenvalue weighted by molar-refractivity contribution is 0.0913. The molecule has 1 aromatic heterocycles. The van der Waals surface area contributed by atoms with Crippen LogP contribution in [0.2, 0.25) is 0 Å². The highest BCUT2D eigenvalue weighted by atomic mass is 35.5. The summed E-state index contributed by atoms with van der Waals surface area (Å²) in [7, 11) is 1.65. The van der Waals surface area contributed by atoms with Crippen LogP contribution in [0.5, 0.6) is 5.75 Å². The number of amides is 1. The van der Waals surface area contributed by atoms with Crippen molar-refractivity contribution in [1.82, 2.24) is 9.88 Å². The van der Waals surface area contributed by atoms with Crippen LogP contribution in [0.4, 0.5) is 0 Å². The van der Waals surface area contributed by atoms with E-state index in [1.54, 1.807) is 7.11 Å². The number of benzene rings is 1. The highest BCUT2D eigenvalue weighted by molar-refractivity contribution is 5.95. The van der Waals surface area contributed by atoms with Gasteiger partial charge in [-0.05, 0) is 36.7 Å². The maximum Gasteiger partial charge on any atom is 0.268 e. The molecule has 5 nitrogen and oxygen atoms in total. The van der Waals surface area contributed by atoms with Gasteiger partial charge in [-0.25, -0.2) is 0 Å². The number of nitrogens with zero attached hydrogens (tertiary/aromatic N) is 1. The molecule has 1 aromatic carbocycles. The van der Waals surface area contributed by atoms with Crippen LogP contribution in [0.25, 0.3) is 11.1 Å². The van der Waals surface area contributed by atoms with Crippen molar-refractivity contribution in [2.45, 2.75) is 12.5 Å². The Balaban J connectivity index is 0.00000176. The lowest BCUT2D eigenvalue weighted by atomic mass is 10.1. The van der Waals surface area contributed by atoms with Crippen molar-refractivity contribution < 1.29 is 9.53 Å². The van der Waals surface area contributed by atoms with Gasteiger partial charge in [0, 0.05) is 18.3 Å². The number of aromatic nitrogens is 1. The van der Waals surface area contributed by atoms with E-state index in [1.165, 1.54) is 0 Å². The Morgan fingerprint density at radius 2 is 2.18 bits per heavy atom. The number of fused-ring (bicyclic) bond motifs is 1. The zero-order chi connectivity index (χ0) is 14.8. The number of nitrogens with two attached hydrogens (primary N) is 1. The quantitative estimate of drug-likeness (QED) is 0.907. The van der Waals surface area contributed by atoms with Gasteiger partial charge in [-0.2, -0.15) is 0 Å². The van der Waals surface area contributed by atoms with Gasteiger partial charge in [0.05, 0.1) is 13.2 Å². The highest BCUT2D eigenvalue weighted by Gasteiger charge is 2.25. The maximum absolute atomic E-state index is 12.0. The number of halogens is 1. The van der Waals surface area contributed by atoms with Crippen LogP contribution in [0.1, 0.15) is 23.0 Å². The first-order valence-electron chi connectivity index (χ1n) is 7.07. The molecular formula is C16H20ClN3O2. The van der Waals surface area contributed by atoms with Crippen LogP contribution < -0.4 is 15.8 Å². The lowest BCUT2D eigenvalue weighted by Crippen LogP contribution is -2.39. The number of carbonyl (C=O) groups excluding carboxylic acids is 1. The summed E-state index contributed by atoms with van der Waals surface area (Å²) < 4.78 is 7.30. The summed E-state index contributed by atoms with van der Waals surface area (Å²) in [6.45, 7) is 1.24. The molecular weight excluding hydrogens is 302 g/mol. The molecule has 0 bridgehead atoms. The molecule has 118 valence electrons. The third-order valence-electron chi connectivity index (χ3n) is 3.88. The molecule has 2 aromatic rings. The molecule has 0 spiro atoms. The summed E-state index contributed by atoms with van der Waals surface area (Å²) in [5.41, 5.74) is 8.41. The minimum atomic E-state index is -0.0302. The van der Waals surface area contributed by atoms with Crippen LogP contribution in [0, 0.1) is 0 Å². The van der Waals surface area contributed by atoms with Gasteiger partial charge in [0.2, 0.25) is 0 Å². The Kier molecular flexibility index (Phi) is 5.11. The fourth-order valence-corrected chi connectivity index (χ4v) is 2.76. The second kappa shape index (κ2) is 6.85. The third-order valence-corrected chi connectivity index (χ3v) is 3.88. The topological polar surface area (TPSA) is 69.3 Å². The van der Waals surface area contributed by atoms with Crippen LogP contribution in [-0.4, -0.2) is 30.7 Å². The molecule has 1 amide bonds. The average Bonchev–Trinajstić information content (AvgIpc) is 2.97. The third kappa shape index (κ3) is 2.96. The van der Waals surface area contributed by atoms with E-state index < -0.39 is 0 Å². The van der Waals surface area contributed by atoms with Gasteiger partial charge in [0.15, 0.2) is 0 Å². The largest absolute Gasteiger partial charge is 0.497 e. The molecule has 1 aliphatic heterocycles. The van der Waals surface area contributed by atoms with E-state index in [0.717, 1.165) is 23.3 Å². The lowest BCUT2D eigenvalue weighted by Gasteiger charge is -2.25. The fraction of sp³-hybridized carbons (Fsp3) is 0.312. The number of nitrogens with one attached hydrogen (secondary N) is 1. The van der Waals surface area contributed by atoms with Gasteiger partial charge in [-0.15, -0.1) is 12.4 Å². The molecule has 6 heteroatoms. The van der Waals surface area contributed by atoms with Crippen molar-refractivity contribution in [3.8, 4) is 16.9 Å². The van der Waals surface area contributed by atoms with Crippen LogP contribution >= 0.6 is 12.4 Å². The molecule has 2 heterocycles. The van der Waals surface area contributed by atoms with Crippen LogP contribution in [0.3, 0.4) is 0 Å². The second-order valence-electron chi connectivity index (χ2n) is 5.19. The van der Waals surface area contributed by atoms with Crippen LogP contribution in [0.15, 0.2) is 36.5 Å². The molecule has 1 aliphatic rings. The number of carbonyl (C=O) groups is 1. The van der Waals surface area contributed by atoms with Crippen LogP contribution in [-0.2, 0) is 0 Å². The number of ether oxygens (including phenoxy) is 1. The fourth-order valence-electron chi connectivity index (χ4n) is 2.76. The van der Waals surface area contributed by atoms with E-state index in [-0.39, 0.29) is 24.4 Å². The molecule has 0 radical (unpaired) electrons. The molecule has 0 fully saturated rings. The highest BCUT2D eigenvalue weighted by Crippen LogP contribution is 2.29. The predicted molar refractivity (Wildman–Crippen MR) is 88.7 cm³/mol. The minimum Gasteiger partial charge on any atom is -0.497 e. The van der Waals surface area contributed by atoms with Crippen molar-refractivity contribution in [2.75, 3.05) is 20.2 Å². The first-order chi connectivity index (χ1) is 10.2. The molecule has 3 rings (SSSR count). The summed E-state index contributed by atoms with van der Waals surface area (Å²) in [5.74, 6) is 0.775. The number of rotatable bonds is 4. The molecule has 22 heavy (non-hydrogen) atoms. The van der Waals surface area contributed by atoms with E-state index in [1.807, 2.05) is 41.1 Å². The zero-order valence-corrected chi connectivity index (χ0v) is 13.2. The first kappa shape index (κ1) is 16.4. The summed E-state index contributed by atoms with van der Waals surface area (Å²) in [6.07, 6.45) is 2.88. The maximum atomic E-state index is 12.0. The Morgan fingerprint density at radius 3 is 2.91 bits per heavy atom. The molecule has 0 aliphatic carbocycles. The van der Waals surface area contributed by atoms with E-state index in [4.69, 9.17) is 10.5 Å². The summed E-state index contributed by atoms with van der Waals surface area (Å²) >= 11 is 0. The monoisotopic (exact) mass is 321 g/mol. The Bertz CT molecular complexity index is 669. The van der Waals surface area contributed by atoms with Crippen molar-refractivity contribution in [1.29, 1.82) is 0 Å². The summed E-state index contributed by atoms with van der Waals surface area (Å²) in [6, 6.07) is 9.98. The van der Waals surface area contributed by atoms with Gasteiger partial charge in [-0.3, -0.25) is 4.79 Å². The smallest absolute Gasteiger partial charge is 0.268 e. The van der Waals surface area contributed by atoms with Gasteiger partial charge < -0.3 is 20.4 Å². The predicted octanol–water partition coefficient (Wildman–Crippen LogP) is 2.22. The molecule has 1 atom stereocenters. The second-order valence-corrected chi connectivity index (χ2v) is 5.19. The minimum absolute atomic E-state index is 0. The Hall–Kier alpha value is -1.98. The van der Waals surface area contributed by atoms with E-state index in [0.29, 0.717) is 18.8 Å². The average molecular weight is 322 g/mol. The van der Waals surface area contributed by atoms with E-state index in [9.17, 15) is 4.79 Å². The Labute approximate surface area is 135 Å². The Morgan fingerprint density at radius 1 is 1.36 bits per heavy atom. The molecule has 3 N–H and O–H groups in total. The van der Waals surface area contributed by atoms with Crippen molar-refractivity contribution in [3.05, 3.63) is 42.2 Å². The van der Waals surface area contributed by atoms with Gasteiger partial charge in [-0.1, -0.05) is 12.1 Å². The zero-order valence-electron chi connectivity index (χ0n) is 12.4. The van der Waals surface area contributed by atoms with Crippen molar-refractivity contribution >= 4 is 18.3 Å². The first-order valence-corrected chi connectivity index (χ1v) is 7.07.